The number of sulfonamides is 2. The summed E-state index contributed by atoms with van der Waals surface area (Å²) in [5.41, 5.74) is 12.7. The molecule has 0 radical (unpaired) electrons. The molecule has 98 heavy (non-hydrogen) atoms. The van der Waals surface area contributed by atoms with Crippen LogP contribution in [0, 0.1) is 0 Å². The zero-order chi connectivity index (χ0) is 69.9. The smallest absolute Gasteiger partial charge is 0.425 e. The molecule has 2 atom stereocenters. The zero-order valence-corrected chi connectivity index (χ0v) is 57.4. The molecular formula is C70H67ClN10O14S3. The lowest BCUT2D eigenvalue weighted by molar-refractivity contribution is 0.0429. The molecule has 2 amide bonds. The van der Waals surface area contributed by atoms with Crippen LogP contribution in [-0.2, 0) is 61.3 Å². The largest absolute Gasteiger partial charge is 0.457 e. The van der Waals surface area contributed by atoms with Crippen molar-refractivity contribution in [3.05, 3.63) is 223 Å². The highest BCUT2D eigenvalue weighted by Gasteiger charge is 2.39. The summed E-state index contributed by atoms with van der Waals surface area (Å²) in [5.74, 6) is 2.36. The highest BCUT2D eigenvalue weighted by molar-refractivity contribution is 8.13. The Bertz CT molecular complexity index is 5090. The van der Waals surface area contributed by atoms with Crippen LogP contribution in [0.4, 0.5) is 32.6 Å². The first kappa shape index (κ1) is 68.9. The van der Waals surface area contributed by atoms with Crippen molar-refractivity contribution < 1.29 is 63.3 Å². The van der Waals surface area contributed by atoms with Gasteiger partial charge < -0.3 is 43.3 Å². The first-order valence-corrected chi connectivity index (χ1v) is 35.7. The van der Waals surface area contributed by atoms with Crippen molar-refractivity contribution in [3.8, 4) is 34.4 Å². The second-order valence-electron chi connectivity index (χ2n) is 24.3. The van der Waals surface area contributed by atoms with Crippen molar-refractivity contribution in [2.24, 2.45) is 0 Å². The van der Waals surface area contributed by atoms with E-state index in [2.05, 4.69) is 29.4 Å². The lowest BCUT2D eigenvalue weighted by Gasteiger charge is -2.28. The molecule has 24 nitrogen and oxygen atoms in total. The molecule has 4 N–H and O–H groups in total. The van der Waals surface area contributed by atoms with E-state index in [-0.39, 0.29) is 39.3 Å². The summed E-state index contributed by atoms with van der Waals surface area (Å²) in [5, 5.41) is 0. The van der Waals surface area contributed by atoms with Crippen molar-refractivity contribution in [1.29, 1.82) is 0 Å². The minimum absolute atomic E-state index is 0.0137. The van der Waals surface area contributed by atoms with E-state index in [9.17, 15) is 34.8 Å². The molecule has 0 saturated carbocycles. The molecule has 11 aromatic rings. The maximum absolute atomic E-state index is 13.7. The van der Waals surface area contributed by atoms with Crippen LogP contribution in [-0.4, -0.2) is 77.7 Å². The first-order chi connectivity index (χ1) is 46.5. The van der Waals surface area contributed by atoms with Crippen molar-refractivity contribution >= 4 is 97.0 Å². The molecule has 0 spiro atoms. The van der Waals surface area contributed by atoms with E-state index >= 15 is 0 Å². The molecule has 4 aromatic heterocycles. The second kappa shape index (κ2) is 28.0. The van der Waals surface area contributed by atoms with Crippen LogP contribution in [0.15, 0.2) is 215 Å². The highest BCUT2D eigenvalue weighted by atomic mass is 35.7. The number of fused-ring (bicyclic) bond motifs is 6. The Labute approximate surface area is 570 Å². The fourth-order valence-corrected chi connectivity index (χ4v) is 13.7. The SMILES string of the molecule is CC1OCc2c1c1ncnc(N(C(=O)OC(C)(C)C)C(=O)OC(C)(C)C)c1n2-c1ccc(Oc2cccc(NS(=O)(=O)c3ccccc3)c2)cc1.CC1OCc2c1c1ncnc(N)c1n2-c1ccc(Oc2cccc(NS(=O)(=O)c3ccccc3)c2)cc1.O=S(=O)(Cl)c1ccccc1. The number of nitrogens with one attached hydrogen (secondary N) is 2. The van der Waals surface area contributed by atoms with Crippen LogP contribution in [0.1, 0.15) is 90.1 Å². The average molecular weight is 1400 g/mol. The summed E-state index contributed by atoms with van der Waals surface area (Å²) in [4.78, 5) is 46.3. The number of halogens is 1. The van der Waals surface area contributed by atoms with Gasteiger partial charge in [0.15, 0.2) is 11.6 Å². The van der Waals surface area contributed by atoms with Gasteiger partial charge in [-0.05, 0) is 165 Å². The van der Waals surface area contributed by atoms with Crippen LogP contribution in [0.5, 0.6) is 23.0 Å². The van der Waals surface area contributed by atoms with E-state index in [1.807, 2.05) is 59.4 Å². The predicted octanol–water partition coefficient (Wildman–Crippen LogP) is 15.1. The van der Waals surface area contributed by atoms with Gasteiger partial charge in [0.2, 0.25) is 0 Å². The van der Waals surface area contributed by atoms with Gasteiger partial charge >= 0.3 is 12.2 Å². The Hall–Kier alpha value is -10.4. The normalized spacial score (nSPS) is 14.4. The summed E-state index contributed by atoms with van der Waals surface area (Å²) in [6, 6.07) is 52.2. The fraction of sp³-hybridized carbons (Fsp3) is 0.200. The average Bonchev–Trinajstić information content (AvgIpc) is 1.57. The lowest BCUT2D eigenvalue weighted by atomic mass is 10.1. The number of amides is 2. The Morgan fingerprint density at radius 1 is 0.510 bits per heavy atom. The molecule has 2 aliphatic heterocycles. The Balaban J connectivity index is 0.000000179. The van der Waals surface area contributed by atoms with Crippen molar-refractivity contribution in [2.75, 3.05) is 20.1 Å². The number of aromatic nitrogens is 6. The molecule has 7 aromatic carbocycles. The summed E-state index contributed by atoms with van der Waals surface area (Å²) in [6.07, 6.45) is 0.453. The monoisotopic (exact) mass is 1400 g/mol. The minimum atomic E-state index is -3.79. The van der Waals surface area contributed by atoms with Gasteiger partial charge in [0, 0.05) is 45.3 Å². The number of nitrogens with zero attached hydrogens (tertiary/aromatic N) is 7. The molecule has 0 aliphatic carbocycles. The van der Waals surface area contributed by atoms with Gasteiger partial charge in [-0.15, -0.1) is 0 Å². The number of ether oxygens (including phenoxy) is 6. The number of hydrogen-bond donors (Lipinski definition) is 3. The summed E-state index contributed by atoms with van der Waals surface area (Å²) < 4.78 is 117. The molecule has 28 heteroatoms. The fourth-order valence-electron chi connectivity index (χ4n) is 10.7. The van der Waals surface area contributed by atoms with Crippen LogP contribution >= 0.6 is 10.7 Å². The van der Waals surface area contributed by atoms with Crippen molar-refractivity contribution in [1.82, 2.24) is 29.1 Å². The summed E-state index contributed by atoms with van der Waals surface area (Å²) in [6.45, 7) is 14.8. The standard InChI is InChI=1S/C37H39N5O8S.C27H23N5O4S.C6H5ClO2S/c1-23-30-29(21-47-23)41(32-31(30)38-22-39-33(32)42(34(43)49-36(2,3)4)35(44)50-37(5,6)7)25-16-18-26(19-17-25)48-27-13-11-12-24(20-27)40-51(45,46)28-14-9-8-10-15-28;1-17-24-23(15-35-17)32(26-25(24)29-16-30-27(26)28)19-10-12-20(13-11-19)36-21-7-5-6-18(14-21)31-37(33,34)22-8-3-2-4-9-22;7-10(8,9)6-4-2-1-3-5-6/h8-20,22-23,40H,21H2,1-7H3;2-14,16-17,31H,15H2,1H3,(H2,28,29,30);1-5H. The van der Waals surface area contributed by atoms with E-state index in [0.717, 1.165) is 44.1 Å². The number of carbonyl (C=O) groups is 2. The van der Waals surface area contributed by atoms with Crippen molar-refractivity contribution in [3.63, 3.8) is 0 Å². The van der Waals surface area contributed by atoms with Gasteiger partial charge in [-0.2, -0.15) is 4.90 Å². The number of nitrogens with two attached hydrogens (primary N) is 1. The minimum Gasteiger partial charge on any atom is -0.457 e. The van der Waals surface area contributed by atoms with Crippen LogP contribution in [0.3, 0.4) is 0 Å². The number of rotatable bonds is 14. The van der Waals surface area contributed by atoms with Gasteiger partial charge in [-0.1, -0.05) is 66.7 Å². The number of anilines is 4. The third-order valence-corrected chi connectivity index (χ3v) is 19.0. The lowest BCUT2D eigenvalue weighted by Crippen LogP contribution is -2.44. The van der Waals surface area contributed by atoms with Crippen molar-refractivity contribution in [2.45, 2.75) is 107 Å². The molecule has 0 fully saturated rings. The molecule has 2 unspecified atom stereocenters. The van der Waals surface area contributed by atoms with Gasteiger partial charge in [-0.25, -0.2) is 54.8 Å². The van der Waals surface area contributed by atoms with E-state index in [4.69, 9.17) is 44.8 Å². The van der Waals surface area contributed by atoms with Gasteiger partial charge in [0.1, 0.15) is 68.9 Å². The highest BCUT2D eigenvalue weighted by Crippen LogP contribution is 2.44. The quantitative estimate of drug-likeness (QED) is 0.0852. The number of benzene rings is 7. The Morgan fingerprint density at radius 2 is 0.898 bits per heavy atom. The van der Waals surface area contributed by atoms with E-state index in [0.29, 0.717) is 63.5 Å². The maximum Gasteiger partial charge on any atom is 0.425 e. The molecule has 13 rings (SSSR count). The maximum atomic E-state index is 13.7. The second-order valence-corrected chi connectivity index (χ2v) is 30.2. The molecular weight excluding hydrogens is 1340 g/mol. The predicted molar refractivity (Wildman–Crippen MR) is 371 cm³/mol. The third kappa shape index (κ3) is 15.7. The van der Waals surface area contributed by atoms with E-state index < -0.39 is 52.5 Å². The Kier molecular flexibility index (Phi) is 19.7. The molecule has 6 heterocycles. The van der Waals surface area contributed by atoms with Gasteiger partial charge in [-0.3, -0.25) is 9.44 Å². The molecule has 0 bridgehead atoms. The van der Waals surface area contributed by atoms with Gasteiger partial charge in [0.05, 0.1) is 62.9 Å². The topological polar surface area (TPSA) is 307 Å². The van der Waals surface area contributed by atoms with Crippen LogP contribution < -0.4 is 29.6 Å². The number of nitrogen functional groups attached to an aromatic ring is 1. The molecule has 0 saturated heterocycles. The van der Waals surface area contributed by atoms with Crippen LogP contribution in [0.2, 0.25) is 0 Å². The molecule has 506 valence electrons. The number of carbonyl (C=O) groups excluding carboxylic acids is 2. The first-order valence-electron chi connectivity index (χ1n) is 30.4. The number of imide groups is 1. The Morgan fingerprint density at radius 3 is 1.30 bits per heavy atom. The van der Waals surface area contributed by atoms with Gasteiger partial charge in [0.25, 0.3) is 29.1 Å². The molecule has 2 aliphatic rings. The van der Waals surface area contributed by atoms with Crippen LogP contribution in [0.25, 0.3) is 33.4 Å². The van der Waals surface area contributed by atoms with E-state index in [1.54, 1.807) is 169 Å². The number of hydrogen-bond acceptors (Lipinski definition) is 19. The summed E-state index contributed by atoms with van der Waals surface area (Å²) in [7, 11) is -5.99. The third-order valence-electron chi connectivity index (χ3n) is 14.9. The van der Waals surface area contributed by atoms with E-state index in [1.165, 1.54) is 36.9 Å². The summed E-state index contributed by atoms with van der Waals surface area (Å²) >= 11 is 0. The zero-order valence-electron chi connectivity index (χ0n) is 54.1.